The lowest BCUT2D eigenvalue weighted by Gasteiger charge is -2.04. The highest BCUT2D eigenvalue weighted by Crippen LogP contribution is 2.16. The molecule has 70 valence electrons. The van der Waals surface area contributed by atoms with E-state index in [9.17, 15) is 4.79 Å². The molecule has 0 radical (unpaired) electrons. The summed E-state index contributed by atoms with van der Waals surface area (Å²) in [5.41, 5.74) is 0. The fraction of sp³-hybridized carbons (Fsp3) is 0.222. The molecule has 0 saturated carbocycles. The first-order valence-electron chi connectivity index (χ1n) is 3.71. The van der Waals surface area contributed by atoms with Crippen LogP contribution in [0.1, 0.15) is 6.92 Å². The van der Waals surface area contributed by atoms with Gasteiger partial charge in [0.1, 0.15) is 10.6 Å². The van der Waals surface area contributed by atoms with E-state index in [0.29, 0.717) is 10.8 Å². The molecule has 0 aliphatic carbocycles. The smallest absolute Gasteiger partial charge is 0.324 e. The number of esters is 1. The molecule has 0 spiro atoms. The highest BCUT2D eigenvalue weighted by atomic mass is 79.9. The first kappa shape index (κ1) is 10.5. The number of rotatable bonds is 2. The van der Waals surface area contributed by atoms with Crippen molar-refractivity contribution in [2.24, 2.45) is 0 Å². The second kappa shape index (κ2) is 4.63. The van der Waals surface area contributed by atoms with Crippen molar-refractivity contribution < 1.29 is 9.53 Å². The minimum absolute atomic E-state index is 0.303. The van der Waals surface area contributed by atoms with Crippen LogP contribution < -0.4 is 4.74 Å². The van der Waals surface area contributed by atoms with Crippen molar-refractivity contribution in [3.63, 3.8) is 0 Å². The summed E-state index contributed by atoms with van der Waals surface area (Å²) in [6.07, 6.45) is 0. The molecule has 1 aromatic carbocycles. The third-order valence-electron chi connectivity index (χ3n) is 1.36. The largest absolute Gasteiger partial charge is 0.426 e. The van der Waals surface area contributed by atoms with Gasteiger partial charge in [0.15, 0.2) is 0 Å². The monoisotopic (exact) mass is 262 g/mol. The van der Waals surface area contributed by atoms with Crippen molar-refractivity contribution >= 4 is 33.5 Å². The molecule has 0 bridgehead atoms. The van der Waals surface area contributed by atoms with Crippen molar-refractivity contribution in [1.82, 2.24) is 0 Å². The molecule has 0 N–H and O–H groups in total. The Bertz CT molecular complexity index is 295. The summed E-state index contributed by atoms with van der Waals surface area (Å²) in [7, 11) is 0. The Hall–Kier alpha value is -0.540. The minimum Gasteiger partial charge on any atom is -0.426 e. The van der Waals surface area contributed by atoms with Gasteiger partial charge in [0, 0.05) is 5.02 Å². The molecule has 0 heterocycles. The van der Waals surface area contributed by atoms with Gasteiger partial charge in [-0.1, -0.05) is 27.5 Å². The molecule has 1 atom stereocenters. The Kier molecular flexibility index (Phi) is 3.75. The Morgan fingerprint density at radius 3 is 2.46 bits per heavy atom. The zero-order valence-electron chi connectivity index (χ0n) is 6.96. The van der Waals surface area contributed by atoms with Gasteiger partial charge in [-0.2, -0.15) is 0 Å². The molecule has 4 heteroatoms. The van der Waals surface area contributed by atoms with E-state index in [4.69, 9.17) is 16.3 Å². The van der Waals surface area contributed by atoms with Crippen LogP contribution in [0.2, 0.25) is 5.02 Å². The molecule has 13 heavy (non-hydrogen) atoms. The zero-order chi connectivity index (χ0) is 9.84. The summed E-state index contributed by atoms with van der Waals surface area (Å²) in [5, 5.41) is 0.617. The van der Waals surface area contributed by atoms with Gasteiger partial charge < -0.3 is 4.74 Å². The number of hydrogen-bond donors (Lipinski definition) is 0. The molecule has 0 fully saturated rings. The van der Waals surface area contributed by atoms with E-state index in [1.807, 2.05) is 0 Å². The molecule has 0 saturated heterocycles. The third kappa shape index (κ3) is 3.36. The Labute approximate surface area is 90.0 Å². The zero-order valence-corrected chi connectivity index (χ0v) is 9.30. The lowest BCUT2D eigenvalue weighted by atomic mass is 10.3. The molecular weight excluding hydrogens is 255 g/mol. The van der Waals surface area contributed by atoms with Crippen LogP contribution in [0.5, 0.6) is 5.75 Å². The summed E-state index contributed by atoms with van der Waals surface area (Å²) >= 11 is 8.77. The number of halogens is 2. The SMILES string of the molecule is CC(Br)C(=O)Oc1ccc(Cl)cc1. The fourth-order valence-electron chi connectivity index (χ4n) is 0.700. The second-order valence-electron chi connectivity index (χ2n) is 2.49. The number of carbonyl (C=O) groups is 1. The van der Waals surface area contributed by atoms with Gasteiger partial charge in [-0.25, -0.2) is 0 Å². The maximum Gasteiger partial charge on any atom is 0.324 e. The number of hydrogen-bond acceptors (Lipinski definition) is 2. The molecule has 0 amide bonds. The van der Waals surface area contributed by atoms with Crippen molar-refractivity contribution in [2.45, 2.75) is 11.8 Å². The Morgan fingerprint density at radius 2 is 2.00 bits per heavy atom. The first-order chi connectivity index (χ1) is 6.09. The van der Waals surface area contributed by atoms with Gasteiger partial charge >= 0.3 is 5.97 Å². The average molecular weight is 264 g/mol. The van der Waals surface area contributed by atoms with E-state index in [1.165, 1.54) is 0 Å². The lowest BCUT2D eigenvalue weighted by Crippen LogP contribution is -2.16. The fourth-order valence-corrected chi connectivity index (χ4v) is 0.919. The highest BCUT2D eigenvalue weighted by Gasteiger charge is 2.10. The minimum atomic E-state index is -0.317. The quantitative estimate of drug-likeness (QED) is 0.466. The van der Waals surface area contributed by atoms with Crippen LogP contribution in [0.4, 0.5) is 0 Å². The Morgan fingerprint density at radius 1 is 1.46 bits per heavy atom. The molecular formula is C9H8BrClO2. The van der Waals surface area contributed by atoms with E-state index < -0.39 is 0 Å². The van der Waals surface area contributed by atoms with E-state index in [1.54, 1.807) is 31.2 Å². The maximum atomic E-state index is 11.1. The summed E-state index contributed by atoms with van der Waals surface area (Å²) in [6, 6.07) is 6.64. The highest BCUT2D eigenvalue weighted by molar-refractivity contribution is 9.10. The molecule has 2 nitrogen and oxygen atoms in total. The van der Waals surface area contributed by atoms with Crippen molar-refractivity contribution in [1.29, 1.82) is 0 Å². The summed E-state index contributed by atoms with van der Waals surface area (Å²) < 4.78 is 4.99. The predicted molar refractivity (Wildman–Crippen MR) is 55.5 cm³/mol. The summed E-state index contributed by atoms with van der Waals surface area (Å²) in [5.74, 6) is 0.183. The maximum absolute atomic E-state index is 11.1. The van der Waals surface area contributed by atoms with Gasteiger partial charge in [0.25, 0.3) is 0 Å². The number of ether oxygens (including phenoxy) is 1. The summed E-state index contributed by atoms with van der Waals surface area (Å²) in [4.78, 5) is 10.8. The van der Waals surface area contributed by atoms with Gasteiger partial charge in [0.2, 0.25) is 0 Å². The van der Waals surface area contributed by atoms with Crippen LogP contribution in [0.25, 0.3) is 0 Å². The second-order valence-corrected chi connectivity index (χ2v) is 4.30. The third-order valence-corrected chi connectivity index (χ3v) is 1.98. The number of benzene rings is 1. The van der Waals surface area contributed by atoms with Gasteiger partial charge in [-0.15, -0.1) is 0 Å². The molecule has 0 aromatic heterocycles. The average Bonchev–Trinajstić information content (AvgIpc) is 2.08. The van der Waals surface area contributed by atoms with Gasteiger partial charge in [-0.3, -0.25) is 4.79 Å². The van der Waals surface area contributed by atoms with E-state index in [-0.39, 0.29) is 10.8 Å². The van der Waals surface area contributed by atoms with Crippen molar-refractivity contribution in [3.05, 3.63) is 29.3 Å². The van der Waals surface area contributed by atoms with Crippen LogP contribution in [-0.4, -0.2) is 10.8 Å². The van der Waals surface area contributed by atoms with Crippen molar-refractivity contribution in [2.75, 3.05) is 0 Å². The van der Waals surface area contributed by atoms with Crippen LogP contribution in [0, 0.1) is 0 Å². The van der Waals surface area contributed by atoms with Crippen LogP contribution in [0.15, 0.2) is 24.3 Å². The predicted octanol–water partition coefficient (Wildman–Crippen LogP) is 3.03. The topological polar surface area (TPSA) is 26.3 Å². The number of alkyl halides is 1. The Balaban J connectivity index is 2.65. The first-order valence-corrected chi connectivity index (χ1v) is 5.00. The molecule has 0 aliphatic rings. The van der Waals surface area contributed by atoms with E-state index >= 15 is 0 Å². The number of carbonyl (C=O) groups excluding carboxylic acids is 1. The van der Waals surface area contributed by atoms with E-state index in [0.717, 1.165) is 0 Å². The molecule has 1 aromatic rings. The molecule has 1 rings (SSSR count). The standard InChI is InChI=1S/C9H8BrClO2/c1-6(10)9(12)13-8-4-2-7(11)3-5-8/h2-6H,1H3. The van der Waals surface area contributed by atoms with Crippen LogP contribution >= 0.6 is 27.5 Å². The van der Waals surface area contributed by atoms with Crippen LogP contribution in [-0.2, 0) is 4.79 Å². The van der Waals surface area contributed by atoms with Crippen molar-refractivity contribution in [3.8, 4) is 5.75 Å². The molecule has 0 aliphatic heterocycles. The van der Waals surface area contributed by atoms with Crippen LogP contribution in [0.3, 0.4) is 0 Å². The lowest BCUT2D eigenvalue weighted by molar-refractivity contribution is -0.133. The van der Waals surface area contributed by atoms with Gasteiger partial charge in [-0.05, 0) is 31.2 Å². The molecule has 1 unspecified atom stereocenters. The van der Waals surface area contributed by atoms with Gasteiger partial charge in [0.05, 0.1) is 0 Å². The van der Waals surface area contributed by atoms with E-state index in [2.05, 4.69) is 15.9 Å². The normalized spacial score (nSPS) is 12.2. The summed E-state index contributed by atoms with van der Waals surface area (Å²) in [6.45, 7) is 1.71.